The minimum Gasteiger partial charge on any atom is -0.385 e. The molecule has 1 fully saturated rings. The average Bonchev–Trinajstić information content (AvgIpc) is 2.52. The van der Waals surface area contributed by atoms with Gasteiger partial charge < -0.3 is 15.0 Å². The third-order valence-electron chi connectivity index (χ3n) is 4.00. The van der Waals surface area contributed by atoms with Crippen molar-refractivity contribution in [1.82, 2.24) is 4.90 Å². The molecule has 4 heteroatoms. The quantitative estimate of drug-likeness (QED) is 0.906. The summed E-state index contributed by atoms with van der Waals surface area (Å²) in [5.41, 5.74) is 2.92. The molecule has 1 aliphatic rings. The van der Waals surface area contributed by atoms with E-state index in [-0.39, 0.29) is 11.9 Å². The number of hydrogen-bond donors (Lipinski definition) is 1. The first-order valence-corrected chi connectivity index (χ1v) is 7.90. The number of rotatable bonds is 5. The zero-order valence-corrected chi connectivity index (χ0v) is 13.3. The van der Waals surface area contributed by atoms with Crippen LogP contribution in [0.5, 0.6) is 0 Å². The van der Waals surface area contributed by atoms with Gasteiger partial charge in [0.25, 0.3) is 5.91 Å². The highest BCUT2D eigenvalue weighted by Crippen LogP contribution is 2.20. The van der Waals surface area contributed by atoms with Crippen LogP contribution >= 0.6 is 0 Å². The molecule has 1 atom stereocenters. The van der Waals surface area contributed by atoms with Crippen LogP contribution in [0.2, 0.25) is 0 Å². The molecular formula is C17H26N2O2. The Balaban J connectivity index is 2.14. The molecule has 1 aromatic rings. The van der Waals surface area contributed by atoms with Gasteiger partial charge in [0, 0.05) is 24.3 Å². The molecular weight excluding hydrogens is 264 g/mol. The fourth-order valence-corrected chi connectivity index (χ4v) is 2.70. The highest BCUT2D eigenvalue weighted by molar-refractivity contribution is 5.96. The fourth-order valence-electron chi connectivity index (χ4n) is 2.70. The van der Waals surface area contributed by atoms with E-state index in [2.05, 4.69) is 25.2 Å². The van der Waals surface area contributed by atoms with Crippen molar-refractivity contribution in [2.24, 2.45) is 0 Å². The van der Waals surface area contributed by atoms with Gasteiger partial charge in [0.1, 0.15) is 0 Å². The highest BCUT2D eigenvalue weighted by Gasteiger charge is 2.27. The van der Waals surface area contributed by atoms with Gasteiger partial charge in [-0.3, -0.25) is 4.79 Å². The van der Waals surface area contributed by atoms with Crippen LogP contribution in [0.4, 0.5) is 5.69 Å². The van der Waals surface area contributed by atoms with Crippen LogP contribution in [-0.4, -0.2) is 43.2 Å². The van der Waals surface area contributed by atoms with Gasteiger partial charge in [0.2, 0.25) is 0 Å². The van der Waals surface area contributed by atoms with Gasteiger partial charge in [-0.15, -0.1) is 0 Å². The van der Waals surface area contributed by atoms with E-state index < -0.39 is 0 Å². The molecule has 0 aromatic heterocycles. The van der Waals surface area contributed by atoms with Crippen molar-refractivity contribution in [3.05, 3.63) is 29.3 Å². The monoisotopic (exact) mass is 290 g/mol. The Labute approximate surface area is 127 Å². The first kappa shape index (κ1) is 15.8. The summed E-state index contributed by atoms with van der Waals surface area (Å²) in [7, 11) is 0. The third kappa shape index (κ3) is 3.76. The SMILES string of the molecule is CCCNc1ccc(C(=O)N2CCOCC2CC)c(C)c1. The molecule has 1 amide bonds. The number of nitrogens with one attached hydrogen (secondary N) is 1. The Morgan fingerprint density at radius 1 is 1.43 bits per heavy atom. The second-order valence-electron chi connectivity index (χ2n) is 5.59. The molecule has 0 radical (unpaired) electrons. The minimum absolute atomic E-state index is 0.129. The first-order chi connectivity index (χ1) is 10.2. The van der Waals surface area contributed by atoms with Crippen molar-refractivity contribution in [2.75, 3.05) is 31.6 Å². The van der Waals surface area contributed by atoms with Crippen LogP contribution in [0.15, 0.2) is 18.2 Å². The molecule has 2 rings (SSSR count). The lowest BCUT2D eigenvalue weighted by atomic mass is 10.0. The number of morpholine rings is 1. The Bertz CT molecular complexity index is 488. The van der Waals surface area contributed by atoms with Crippen LogP contribution in [0.25, 0.3) is 0 Å². The van der Waals surface area contributed by atoms with E-state index in [0.717, 1.165) is 36.2 Å². The average molecular weight is 290 g/mol. The van der Waals surface area contributed by atoms with Crippen LogP contribution in [0.3, 0.4) is 0 Å². The maximum Gasteiger partial charge on any atom is 0.254 e. The fraction of sp³-hybridized carbons (Fsp3) is 0.588. The molecule has 0 spiro atoms. The Morgan fingerprint density at radius 2 is 2.24 bits per heavy atom. The number of nitrogens with zero attached hydrogens (tertiary/aromatic N) is 1. The van der Waals surface area contributed by atoms with Gasteiger partial charge in [-0.05, 0) is 43.5 Å². The van der Waals surface area contributed by atoms with Gasteiger partial charge in [-0.1, -0.05) is 13.8 Å². The summed E-state index contributed by atoms with van der Waals surface area (Å²) in [4.78, 5) is 14.7. The largest absolute Gasteiger partial charge is 0.385 e. The van der Waals surface area contributed by atoms with Crippen molar-refractivity contribution in [2.45, 2.75) is 39.7 Å². The normalized spacial score (nSPS) is 18.6. The zero-order valence-electron chi connectivity index (χ0n) is 13.3. The standard InChI is InChI=1S/C17H26N2O2/c1-4-8-18-14-6-7-16(13(3)11-14)17(20)19-9-10-21-12-15(19)5-2/h6-7,11,15,18H,4-5,8-10,12H2,1-3H3. The lowest BCUT2D eigenvalue weighted by Crippen LogP contribution is -2.48. The molecule has 1 heterocycles. The number of carbonyl (C=O) groups is 1. The molecule has 1 unspecified atom stereocenters. The summed E-state index contributed by atoms with van der Waals surface area (Å²) in [6, 6.07) is 6.20. The molecule has 21 heavy (non-hydrogen) atoms. The molecule has 116 valence electrons. The van der Waals surface area contributed by atoms with Crippen molar-refractivity contribution >= 4 is 11.6 Å². The lowest BCUT2D eigenvalue weighted by molar-refractivity contribution is -0.00283. The van der Waals surface area contributed by atoms with E-state index in [4.69, 9.17) is 4.74 Å². The number of hydrogen-bond acceptors (Lipinski definition) is 3. The number of amides is 1. The Kier molecular flexibility index (Phi) is 5.62. The maximum atomic E-state index is 12.8. The van der Waals surface area contributed by atoms with E-state index in [1.807, 2.05) is 24.0 Å². The van der Waals surface area contributed by atoms with E-state index in [0.29, 0.717) is 19.8 Å². The van der Waals surface area contributed by atoms with Gasteiger partial charge in [-0.2, -0.15) is 0 Å². The Hall–Kier alpha value is -1.55. The van der Waals surface area contributed by atoms with Crippen LogP contribution in [-0.2, 0) is 4.74 Å². The first-order valence-electron chi connectivity index (χ1n) is 7.90. The number of carbonyl (C=O) groups excluding carboxylic acids is 1. The molecule has 1 aromatic carbocycles. The number of anilines is 1. The molecule has 1 aliphatic heterocycles. The van der Waals surface area contributed by atoms with Gasteiger partial charge in [0.05, 0.1) is 19.3 Å². The van der Waals surface area contributed by atoms with Crippen molar-refractivity contribution in [3.63, 3.8) is 0 Å². The molecule has 0 saturated carbocycles. The lowest BCUT2D eigenvalue weighted by Gasteiger charge is -2.35. The van der Waals surface area contributed by atoms with Crippen molar-refractivity contribution < 1.29 is 9.53 Å². The second-order valence-corrected chi connectivity index (χ2v) is 5.59. The highest BCUT2D eigenvalue weighted by atomic mass is 16.5. The molecule has 0 bridgehead atoms. The minimum atomic E-state index is 0.129. The summed E-state index contributed by atoms with van der Waals surface area (Å²) in [6.07, 6.45) is 2.02. The Morgan fingerprint density at radius 3 is 2.90 bits per heavy atom. The van der Waals surface area contributed by atoms with Gasteiger partial charge >= 0.3 is 0 Å². The molecule has 4 nitrogen and oxygen atoms in total. The van der Waals surface area contributed by atoms with Crippen molar-refractivity contribution in [3.8, 4) is 0 Å². The summed E-state index contributed by atoms with van der Waals surface area (Å²) in [6.45, 7) is 9.17. The van der Waals surface area contributed by atoms with E-state index >= 15 is 0 Å². The number of ether oxygens (including phenoxy) is 1. The zero-order chi connectivity index (χ0) is 15.2. The van der Waals surface area contributed by atoms with Gasteiger partial charge in [0.15, 0.2) is 0 Å². The predicted molar refractivity (Wildman–Crippen MR) is 85.9 cm³/mol. The van der Waals surface area contributed by atoms with E-state index in [1.54, 1.807) is 0 Å². The van der Waals surface area contributed by atoms with Crippen LogP contribution < -0.4 is 5.32 Å². The number of benzene rings is 1. The number of aryl methyl sites for hydroxylation is 1. The third-order valence-corrected chi connectivity index (χ3v) is 4.00. The van der Waals surface area contributed by atoms with Gasteiger partial charge in [-0.25, -0.2) is 0 Å². The van der Waals surface area contributed by atoms with E-state index in [1.165, 1.54) is 0 Å². The van der Waals surface area contributed by atoms with Crippen molar-refractivity contribution in [1.29, 1.82) is 0 Å². The van der Waals surface area contributed by atoms with Crippen LogP contribution in [0, 0.1) is 6.92 Å². The smallest absolute Gasteiger partial charge is 0.254 e. The predicted octanol–water partition coefficient (Wildman–Crippen LogP) is 3.07. The summed E-state index contributed by atoms with van der Waals surface area (Å²) >= 11 is 0. The van der Waals surface area contributed by atoms with Crippen LogP contribution in [0.1, 0.15) is 42.6 Å². The molecule has 1 N–H and O–H groups in total. The molecule has 1 saturated heterocycles. The van der Waals surface area contributed by atoms with E-state index in [9.17, 15) is 4.79 Å². The summed E-state index contributed by atoms with van der Waals surface area (Å²) in [5.74, 6) is 0.129. The summed E-state index contributed by atoms with van der Waals surface area (Å²) < 4.78 is 5.48. The topological polar surface area (TPSA) is 41.6 Å². The molecule has 0 aliphatic carbocycles. The summed E-state index contributed by atoms with van der Waals surface area (Å²) in [5, 5.41) is 3.36. The second kappa shape index (κ2) is 7.46. The maximum absolute atomic E-state index is 12.8.